The van der Waals surface area contributed by atoms with E-state index in [1.165, 1.54) is 5.56 Å². The van der Waals surface area contributed by atoms with E-state index in [-0.39, 0.29) is 0 Å². The molecule has 0 aliphatic heterocycles. The Hall–Kier alpha value is -1.58. The molecule has 4 heteroatoms. The van der Waals surface area contributed by atoms with E-state index >= 15 is 0 Å². The van der Waals surface area contributed by atoms with E-state index in [1.807, 2.05) is 34.9 Å². The van der Waals surface area contributed by atoms with Crippen LogP contribution in [0.5, 0.6) is 0 Å². The number of aromatic amines is 1. The Morgan fingerprint density at radius 1 is 1.16 bits per heavy atom. The third-order valence-electron chi connectivity index (χ3n) is 3.27. The van der Waals surface area contributed by atoms with Gasteiger partial charge in [0, 0.05) is 0 Å². The molecule has 0 radical (unpaired) electrons. The third-order valence-corrected chi connectivity index (χ3v) is 3.86. The highest BCUT2D eigenvalue weighted by molar-refractivity contribution is 7.71. The van der Waals surface area contributed by atoms with Crippen LogP contribution in [0.4, 0.5) is 0 Å². The van der Waals surface area contributed by atoms with E-state index in [2.05, 4.69) is 24.0 Å². The molecule has 1 aromatic heterocycles. The Morgan fingerprint density at radius 2 is 1.95 bits per heavy atom. The summed E-state index contributed by atoms with van der Waals surface area (Å²) in [5, 5.41) is 0.704. The number of hydrogen-bond donors (Lipinski definition) is 1. The summed E-state index contributed by atoms with van der Waals surface area (Å²) in [7, 11) is 0. The van der Waals surface area contributed by atoms with Crippen molar-refractivity contribution in [1.29, 1.82) is 0 Å². The number of fused-ring (bicyclic) bond motifs is 1. The van der Waals surface area contributed by atoms with Crippen molar-refractivity contribution < 1.29 is 0 Å². The van der Waals surface area contributed by atoms with E-state index in [9.17, 15) is 0 Å². The average Bonchev–Trinajstić information content (AvgIpc) is 2.76. The van der Waals surface area contributed by atoms with Crippen molar-refractivity contribution in [3.63, 3.8) is 0 Å². The Balaban J connectivity index is 2.43. The van der Waals surface area contributed by atoms with Crippen LogP contribution in [-0.4, -0.2) is 9.55 Å². The maximum atomic E-state index is 6.33. The van der Waals surface area contributed by atoms with E-state index in [1.54, 1.807) is 0 Å². The van der Waals surface area contributed by atoms with Crippen LogP contribution in [0.25, 0.3) is 16.7 Å². The first kappa shape index (κ1) is 12.5. The second-order valence-electron chi connectivity index (χ2n) is 4.38. The molecular formula is C15H13ClN2S. The molecular weight excluding hydrogens is 276 g/mol. The number of hydrogen-bond acceptors (Lipinski definition) is 1. The van der Waals surface area contributed by atoms with E-state index in [4.69, 9.17) is 23.8 Å². The molecule has 0 aliphatic rings. The minimum absolute atomic E-state index is 0.670. The fraction of sp³-hybridized carbons (Fsp3) is 0.133. The molecule has 0 unspecified atom stereocenters. The minimum atomic E-state index is 0.670. The van der Waals surface area contributed by atoms with Gasteiger partial charge in [0.15, 0.2) is 4.77 Å². The summed E-state index contributed by atoms with van der Waals surface area (Å²) in [6.45, 7) is 2.14. The van der Waals surface area contributed by atoms with Crippen molar-refractivity contribution in [2.45, 2.75) is 13.3 Å². The molecule has 0 atom stereocenters. The lowest BCUT2D eigenvalue weighted by molar-refractivity contribution is 1.01. The Kier molecular flexibility index (Phi) is 3.17. The normalized spacial score (nSPS) is 11.1. The van der Waals surface area contributed by atoms with Gasteiger partial charge in [0.2, 0.25) is 0 Å². The molecule has 0 amide bonds. The van der Waals surface area contributed by atoms with Crippen LogP contribution in [0.1, 0.15) is 12.5 Å². The van der Waals surface area contributed by atoms with Crippen molar-refractivity contribution >= 4 is 34.9 Å². The van der Waals surface area contributed by atoms with E-state index < -0.39 is 0 Å². The predicted octanol–water partition coefficient (Wildman–Crippen LogP) is 4.90. The first-order valence-electron chi connectivity index (χ1n) is 6.20. The van der Waals surface area contributed by atoms with Crippen molar-refractivity contribution in [3.8, 4) is 5.69 Å². The summed E-state index contributed by atoms with van der Waals surface area (Å²) in [5.74, 6) is 0. The van der Waals surface area contributed by atoms with Gasteiger partial charge in [-0.25, -0.2) is 0 Å². The molecule has 0 bridgehead atoms. The first-order valence-corrected chi connectivity index (χ1v) is 6.98. The Morgan fingerprint density at radius 3 is 2.74 bits per heavy atom. The maximum absolute atomic E-state index is 6.33. The maximum Gasteiger partial charge on any atom is 0.182 e. The molecule has 2 nitrogen and oxygen atoms in total. The molecule has 1 N–H and O–H groups in total. The summed E-state index contributed by atoms with van der Waals surface area (Å²) in [6, 6.07) is 14.1. The van der Waals surface area contributed by atoms with Gasteiger partial charge in [0.1, 0.15) is 0 Å². The number of halogens is 1. The van der Waals surface area contributed by atoms with Gasteiger partial charge in [-0.2, -0.15) is 0 Å². The molecule has 0 fully saturated rings. The number of nitrogens with zero attached hydrogens (tertiary/aromatic N) is 1. The largest absolute Gasteiger partial charge is 0.330 e. The van der Waals surface area contributed by atoms with Gasteiger partial charge in [0.05, 0.1) is 21.7 Å². The zero-order chi connectivity index (χ0) is 13.4. The van der Waals surface area contributed by atoms with Crippen LogP contribution >= 0.6 is 23.8 Å². The number of aromatic nitrogens is 2. The predicted molar refractivity (Wildman–Crippen MR) is 82.8 cm³/mol. The van der Waals surface area contributed by atoms with Gasteiger partial charge < -0.3 is 4.98 Å². The van der Waals surface area contributed by atoms with Crippen LogP contribution in [0.15, 0.2) is 42.5 Å². The van der Waals surface area contributed by atoms with Crippen molar-refractivity contribution in [2.24, 2.45) is 0 Å². The molecule has 3 aromatic rings. The van der Waals surface area contributed by atoms with Crippen LogP contribution < -0.4 is 0 Å². The fourth-order valence-electron chi connectivity index (χ4n) is 2.37. The molecule has 3 rings (SSSR count). The van der Waals surface area contributed by atoms with E-state index in [0.717, 1.165) is 23.1 Å². The lowest BCUT2D eigenvalue weighted by Crippen LogP contribution is -1.99. The van der Waals surface area contributed by atoms with Gasteiger partial charge in [-0.15, -0.1) is 0 Å². The van der Waals surface area contributed by atoms with Gasteiger partial charge in [0.25, 0.3) is 0 Å². The monoisotopic (exact) mass is 288 g/mol. The molecule has 2 aromatic carbocycles. The summed E-state index contributed by atoms with van der Waals surface area (Å²) in [5.41, 5.74) is 4.24. The SMILES string of the molecule is CCc1ccccc1-n1c(=S)[nH]c2cccc(Cl)c21. The topological polar surface area (TPSA) is 20.7 Å². The lowest BCUT2D eigenvalue weighted by Gasteiger charge is -2.10. The van der Waals surface area contributed by atoms with Gasteiger partial charge in [-0.1, -0.05) is 42.8 Å². The summed E-state index contributed by atoms with van der Waals surface area (Å²) in [6.07, 6.45) is 0.953. The molecule has 0 saturated carbocycles. The zero-order valence-corrected chi connectivity index (χ0v) is 12.1. The number of rotatable bonds is 2. The molecule has 19 heavy (non-hydrogen) atoms. The minimum Gasteiger partial charge on any atom is -0.330 e. The highest BCUT2D eigenvalue weighted by Gasteiger charge is 2.11. The van der Waals surface area contributed by atoms with Crippen LogP contribution in [0, 0.1) is 4.77 Å². The number of H-pyrrole nitrogens is 1. The lowest BCUT2D eigenvalue weighted by atomic mass is 10.1. The smallest absolute Gasteiger partial charge is 0.182 e. The summed E-state index contributed by atoms with van der Waals surface area (Å²) < 4.78 is 2.69. The molecule has 96 valence electrons. The second-order valence-corrected chi connectivity index (χ2v) is 5.18. The van der Waals surface area contributed by atoms with Gasteiger partial charge in [-0.3, -0.25) is 4.57 Å². The first-order chi connectivity index (χ1) is 9.22. The average molecular weight is 289 g/mol. The molecule has 1 heterocycles. The van der Waals surface area contributed by atoms with Crippen LogP contribution in [0.2, 0.25) is 5.02 Å². The molecule has 0 saturated heterocycles. The molecule has 0 spiro atoms. The second kappa shape index (κ2) is 4.83. The van der Waals surface area contributed by atoms with E-state index in [0.29, 0.717) is 9.79 Å². The standard InChI is InChI=1S/C15H13ClN2S/c1-2-10-6-3-4-9-13(10)18-14-11(16)7-5-8-12(14)17-15(18)19/h3-9H,2H2,1H3,(H,17,19). The van der Waals surface area contributed by atoms with Crippen molar-refractivity contribution in [3.05, 3.63) is 57.8 Å². The van der Waals surface area contributed by atoms with Crippen LogP contribution in [0.3, 0.4) is 0 Å². The summed E-state index contributed by atoms with van der Waals surface area (Å²) >= 11 is 11.8. The number of nitrogens with one attached hydrogen (secondary N) is 1. The third kappa shape index (κ3) is 1.99. The zero-order valence-electron chi connectivity index (χ0n) is 10.5. The highest BCUT2D eigenvalue weighted by atomic mass is 35.5. The van der Waals surface area contributed by atoms with Crippen molar-refractivity contribution in [1.82, 2.24) is 9.55 Å². The molecule has 0 aliphatic carbocycles. The van der Waals surface area contributed by atoms with Gasteiger partial charge in [-0.05, 0) is 42.4 Å². The summed E-state index contributed by atoms with van der Waals surface area (Å²) in [4.78, 5) is 3.21. The van der Waals surface area contributed by atoms with Crippen LogP contribution in [-0.2, 0) is 6.42 Å². The number of para-hydroxylation sites is 2. The fourth-order valence-corrected chi connectivity index (χ4v) is 2.93. The Labute approximate surface area is 121 Å². The quantitative estimate of drug-likeness (QED) is 0.665. The number of imidazole rings is 1. The Bertz CT molecular complexity index is 801. The van der Waals surface area contributed by atoms with Gasteiger partial charge >= 0.3 is 0 Å². The highest BCUT2D eigenvalue weighted by Crippen LogP contribution is 2.27. The van der Waals surface area contributed by atoms with Crippen molar-refractivity contribution in [2.75, 3.05) is 0 Å². The number of benzene rings is 2. The number of aryl methyl sites for hydroxylation is 1.